The first-order valence-electron chi connectivity index (χ1n) is 6.51. The molecule has 0 heterocycles. The van der Waals surface area contributed by atoms with E-state index in [2.05, 4.69) is 18.2 Å². The Morgan fingerprint density at radius 1 is 1.05 bits per heavy atom. The minimum Gasteiger partial charge on any atom is -0.398 e. The summed E-state index contributed by atoms with van der Waals surface area (Å²) >= 11 is 1.72. The van der Waals surface area contributed by atoms with E-state index in [0.717, 1.165) is 5.56 Å². The maximum absolute atomic E-state index is 13.2. The number of anilines is 1. The molecule has 0 amide bonds. The first-order chi connectivity index (χ1) is 9.22. The van der Waals surface area contributed by atoms with Gasteiger partial charge >= 0.3 is 0 Å². The van der Waals surface area contributed by atoms with Crippen LogP contribution in [-0.4, -0.2) is 0 Å². The zero-order valence-corrected chi connectivity index (χ0v) is 11.5. The van der Waals surface area contributed by atoms with Gasteiger partial charge in [-0.05, 0) is 66.3 Å². The maximum Gasteiger partial charge on any atom is 0.123 e. The number of nitrogen functional groups attached to an aromatic ring is 1. The third kappa shape index (κ3) is 2.76. The van der Waals surface area contributed by atoms with Gasteiger partial charge in [0.2, 0.25) is 0 Å². The SMILES string of the molecule is Nc1ccc(F)cc1CSc1ccc2c(c1)CCC2. The maximum atomic E-state index is 13.2. The van der Waals surface area contributed by atoms with Crippen LogP contribution in [0.3, 0.4) is 0 Å². The second kappa shape index (κ2) is 5.25. The summed E-state index contributed by atoms with van der Waals surface area (Å²) in [6.45, 7) is 0. The largest absolute Gasteiger partial charge is 0.398 e. The Morgan fingerprint density at radius 3 is 2.79 bits per heavy atom. The molecule has 0 spiro atoms. The quantitative estimate of drug-likeness (QED) is 0.670. The Morgan fingerprint density at radius 2 is 1.89 bits per heavy atom. The van der Waals surface area contributed by atoms with E-state index in [1.165, 1.54) is 47.4 Å². The monoisotopic (exact) mass is 273 g/mol. The van der Waals surface area contributed by atoms with Gasteiger partial charge in [-0.15, -0.1) is 11.8 Å². The fraction of sp³-hybridized carbons (Fsp3) is 0.250. The van der Waals surface area contributed by atoms with Gasteiger partial charge in [-0.2, -0.15) is 0 Å². The minimum absolute atomic E-state index is 0.223. The molecule has 3 rings (SSSR count). The molecule has 2 N–H and O–H groups in total. The molecule has 1 nitrogen and oxygen atoms in total. The zero-order valence-electron chi connectivity index (χ0n) is 10.7. The van der Waals surface area contributed by atoms with Crippen molar-refractivity contribution in [3.8, 4) is 0 Å². The van der Waals surface area contributed by atoms with E-state index in [9.17, 15) is 4.39 Å². The van der Waals surface area contributed by atoms with Crippen LogP contribution in [0.5, 0.6) is 0 Å². The van der Waals surface area contributed by atoms with E-state index in [4.69, 9.17) is 5.73 Å². The molecule has 19 heavy (non-hydrogen) atoms. The summed E-state index contributed by atoms with van der Waals surface area (Å²) in [5, 5.41) is 0. The molecule has 2 aromatic carbocycles. The zero-order chi connectivity index (χ0) is 13.2. The molecular weight excluding hydrogens is 257 g/mol. The van der Waals surface area contributed by atoms with Crippen molar-refractivity contribution in [2.75, 3.05) is 5.73 Å². The lowest BCUT2D eigenvalue weighted by atomic mass is 10.1. The van der Waals surface area contributed by atoms with Gasteiger partial charge in [-0.25, -0.2) is 4.39 Å². The van der Waals surface area contributed by atoms with Crippen molar-refractivity contribution < 1.29 is 4.39 Å². The highest BCUT2D eigenvalue weighted by molar-refractivity contribution is 7.98. The molecule has 0 unspecified atom stereocenters. The Hall–Kier alpha value is -1.48. The second-order valence-electron chi connectivity index (χ2n) is 4.92. The summed E-state index contributed by atoms with van der Waals surface area (Å²) in [5.41, 5.74) is 10.3. The summed E-state index contributed by atoms with van der Waals surface area (Å²) < 4.78 is 13.2. The minimum atomic E-state index is -0.223. The lowest BCUT2D eigenvalue weighted by Crippen LogP contribution is -1.93. The molecule has 1 aliphatic carbocycles. The lowest BCUT2D eigenvalue weighted by Gasteiger charge is -2.07. The molecule has 98 valence electrons. The molecule has 0 radical (unpaired) electrons. The highest BCUT2D eigenvalue weighted by Crippen LogP contribution is 2.30. The molecule has 0 saturated heterocycles. The summed E-state index contributed by atoms with van der Waals surface area (Å²) in [6, 6.07) is 11.2. The molecule has 0 aliphatic heterocycles. The van der Waals surface area contributed by atoms with Crippen molar-refractivity contribution in [1.82, 2.24) is 0 Å². The van der Waals surface area contributed by atoms with Crippen LogP contribution in [0.25, 0.3) is 0 Å². The Labute approximate surface area is 117 Å². The van der Waals surface area contributed by atoms with Crippen LogP contribution < -0.4 is 5.73 Å². The molecule has 0 atom stereocenters. The smallest absolute Gasteiger partial charge is 0.123 e. The molecule has 0 saturated carbocycles. The van der Waals surface area contributed by atoms with Gasteiger partial charge in [0.15, 0.2) is 0 Å². The number of hydrogen-bond donors (Lipinski definition) is 1. The van der Waals surface area contributed by atoms with Gasteiger partial charge in [-0.1, -0.05) is 6.07 Å². The van der Waals surface area contributed by atoms with Crippen LogP contribution in [0.4, 0.5) is 10.1 Å². The van der Waals surface area contributed by atoms with Crippen LogP contribution in [0.2, 0.25) is 0 Å². The van der Waals surface area contributed by atoms with E-state index >= 15 is 0 Å². The number of rotatable bonds is 3. The topological polar surface area (TPSA) is 26.0 Å². The molecule has 0 bridgehead atoms. The highest BCUT2D eigenvalue weighted by Gasteiger charge is 2.11. The third-order valence-electron chi connectivity index (χ3n) is 3.57. The Balaban J connectivity index is 1.74. The van der Waals surface area contributed by atoms with Gasteiger partial charge in [0, 0.05) is 16.3 Å². The Kier molecular flexibility index (Phi) is 3.47. The summed E-state index contributed by atoms with van der Waals surface area (Å²) in [6.07, 6.45) is 3.66. The van der Waals surface area contributed by atoms with Crippen LogP contribution in [-0.2, 0) is 18.6 Å². The first kappa shape index (κ1) is 12.5. The summed E-state index contributed by atoms with van der Waals surface area (Å²) in [5.74, 6) is 0.487. The van der Waals surface area contributed by atoms with Crippen LogP contribution >= 0.6 is 11.8 Å². The number of nitrogens with two attached hydrogens (primary N) is 1. The van der Waals surface area contributed by atoms with Crippen molar-refractivity contribution in [3.05, 3.63) is 58.9 Å². The standard InChI is InChI=1S/C16H16FNS/c17-14-5-7-16(18)13(8-14)10-19-15-6-4-11-2-1-3-12(11)9-15/h4-9H,1-3,10,18H2. The van der Waals surface area contributed by atoms with Gasteiger partial charge in [0.25, 0.3) is 0 Å². The van der Waals surface area contributed by atoms with Gasteiger partial charge in [0.05, 0.1) is 0 Å². The van der Waals surface area contributed by atoms with Crippen molar-refractivity contribution in [2.45, 2.75) is 29.9 Å². The van der Waals surface area contributed by atoms with Crippen LogP contribution in [0.1, 0.15) is 23.1 Å². The van der Waals surface area contributed by atoms with Gasteiger partial charge in [-0.3, -0.25) is 0 Å². The predicted molar refractivity (Wildman–Crippen MR) is 78.8 cm³/mol. The molecule has 1 aliphatic rings. The first-order valence-corrected chi connectivity index (χ1v) is 7.49. The number of aryl methyl sites for hydroxylation is 2. The number of halogens is 1. The highest BCUT2D eigenvalue weighted by atomic mass is 32.2. The molecule has 2 aromatic rings. The average Bonchev–Trinajstić information content (AvgIpc) is 2.87. The van der Waals surface area contributed by atoms with E-state index < -0.39 is 0 Å². The van der Waals surface area contributed by atoms with Crippen molar-refractivity contribution >= 4 is 17.4 Å². The van der Waals surface area contributed by atoms with Gasteiger partial charge in [0.1, 0.15) is 5.82 Å². The molecule has 0 aromatic heterocycles. The number of benzene rings is 2. The van der Waals surface area contributed by atoms with E-state index in [1.54, 1.807) is 17.8 Å². The van der Waals surface area contributed by atoms with Crippen molar-refractivity contribution in [3.63, 3.8) is 0 Å². The Bertz CT molecular complexity index is 610. The van der Waals surface area contributed by atoms with Gasteiger partial charge < -0.3 is 5.73 Å². The predicted octanol–water partition coefficient (Wildman–Crippen LogP) is 4.19. The number of thioether (sulfide) groups is 1. The van der Waals surface area contributed by atoms with Crippen LogP contribution in [0, 0.1) is 5.82 Å². The number of hydrogen-bond acceptors (Lipinski definition) is 2. The lowest BCUT2D eigenvalue weighted by molar-refractivity contribution is 0.627. The van der Waals surface area contributed by atoms with E-state index in [1.807, 2.05) is 0 Å². The second-order valence-corrected chi connectivity index (χ2v) is 5.96. The number of fused-ring (bicyclic) bond motifs is 1. The molecule has 0 fully saturated rings. The molecular formula is C16H16FNS. The van der Waals surface area contributed by atoms with E-state index in [0.29, 0.717) is 11.4 Å². The van der Waals surface area contributed by atoms with Crippen LogP contribution in [0.15, 0.2) is 41.3 Å². The average molecular weight is 273 g/mol. The summed E-state index contributed by atoms with van der Waals surface area (Å²) in [7, 11) is 0. The normalized spacial score (nSPS) is 13.5. The summed E-state index contributed by atoms with van der Waals surface area (Å²) in [4.78, 5) is 1.24. The van der Waals surface area contributed by atoms with E-state index in [-0.39, 0.29) is 5.82 Å². The fourth-order valence-corrected chi connectivity index (χ4v) is 3.46. The van der Waals surface area contributed by atoms with Crippen molar-refractivity contribution in [2.24, 2.45) is 0 Å². The third-order valence-corrected chi connectivity index (χ3v) is 4.61. The fourth-order valence-electron chi connectivity index (χ4n) is 2.50. The molecule has 3 heteroatoms. The van der Waals surface area contributed by atoms with Crippen molar-refractivity contribution in [1.29, 1.82) is 0 Å².